The van der Waals surface area contributed by atoms with E-state index in [4.69, 9.17) is 14.9 Å². The monoisotopic (exact) mass is 267 g/mol. The zero-order chi connectivity index (χ0) is 14.0. The number of anilines is 1. The van der Waals surface area contributed by atoms with Crippen LogP contribution in [0.25, 0.3) is 0 Å². The molecule has 2 heterocycles. The van der Waals surface area contributed by atoms with Gasteiger partial charge in [0, 0.05) is 12.7 Å². The van der Waals surface area contributed by atoms with Gasteiger partial charge in [-0.1, -0.05) is 0 Å². The number of rotatable bonds is 3. The molecule has 0 radical (unpaired) electrons. The molecule has 0 aliphatic carbocycles. The summed E-state index contributed by atoms with van der Waals surface area (Å²) in [5.41, 5.74) is 0.528. The van der Waals surface area contributed by atoms with Gasteiger partial charge in [-0.3, -0.25) is 0 Å². The highest BCUT2D eigenvalue weighted by molar-refractivity contribution is 5.88. The summed E-state index contributed by atoms with van der Waals surface area (Å²) in [5.74, 6) is -0.566. The van der Waals surface area contributed by atoms with Crippen LogP contribution in [0.3, 0.4) is 0 Å². The second kappa shape index (κ2) is 5.50. The normalized spacial score (nSPS) is 23.4. The van der Waals surface area contributed by atoms with E-state index in [1.165, 1.54) is 6.20 Å². The number of aromatic carboxylic acids is 1. The lowest BCUT2D eigenvalue weighted by Gasteiger charge is -2.37. The van der Waals surface area contributed by atoms with Crippen LogP contribution in [0.15, 0.2) is 6.20 Å². The number of nitrogens with zero attached hydrogens (tertiary/aromatic N) is 3. The van der Waals surface area contributed by atoms with Gasteiger partial charge in [0.1, 0.15) is 0 Å². The fraction of sp³-hybridized carbons (Fsp3) is 0.583. The summed E-state index contributed by atoms with van der Waals surface area (Å²) in [6.45, 7) is 4.52. The first-order chi connectivity index (χ1) is 9.02. The number of carboxylic acid groups (broad SMARTS) is 1. The lowest BCUT2D eigenvalue weighted by atomic mass is 10.2. The Morgan fingerprint density at radius 2 is 2.37 bits per heavy atom. The molecule has 1 fully saturated rings. The highest BCUT2D eigenvalue weighted by Gasteiger charge is 2.28. The Kier molecular flexibility index (Phi) is 3.96. The number of aryl methyl sites for hydroxylation is 1. The molecular weight excluding hydrogens is 250 g/mol. The van der Waals surface area contributed by atoms with Crippen LogP contribution in [0.5, 0.6) is 0 Å². The number of aliphatic hydroxyl groups excluding tert-OH is 1. The quantitative estimate of drug-likeness (QED) is 0.800. The Labute approximate surface area is 110 Å². The summed E-state index contributed by atoms with van der Waals surface area (Å²) in [5, 5.41) is 18.1. The maximum absolute atomic E-state index is 10.9. The third kappa shape index (κ3) is 2.82. The molecule has 19 heavy (non-hydrogen) atoms. The Morgan fingerprint density at radius 1 is 1.63 bits per heavy atom. The minimum absolute atomic E-state index is 0.0601. The van der Waals surface area contributed by atoms with E-state index < -0.39 is 5.97 Å². The van der Waals surface area contributed by atoms with Gasteiger partial charge in [-0.2, -0.15) is 0 Å². The number of ether oxygens (including phenoxy) is 1. The van der Waals surface area contributed by atoms with E-state index in [1.807, 2.05) is 11.8 Å². The molecule has 1 saturated heterocycles. The first-order valence-corrected chi connectivity index (χ1v) is 6.09. The number of carbonyl (C=O) groups is 1. The molecule has 0 spiro atoms. The van der Waals surface area contributed by atoms with Gasteiger partial charge in [0.15, 0.2) is 0 Å². The minimum atomic E-state index is -1.03. The summed E-state index contributed by atoms with van der Waals surface area (Å²) in [6.07, 6.45) is 1.05. The van der Waals surface area contributed by atoms with Gasteiger partial charge >= 0.3 is 5.97 Å². The Balaban J connectivity index is 2.25. The maximum Gasteiger partial charge on any atom is 0.339 e. The molecule has 104 valence electrons. The van der Waals surface area contributed by atoms with Crippen molar-refractivity contribution in [3.63, 3.8) is 0 Å². The summed E-state index contributed by atoms with van der Waals surface area (Å²) in [7, 11) is 0. The highest BCUT2D eigenvalue weighted by Crippen LogP contribution is 2.19. The summed E-state index contributed by atoms with van der Waals surface area (Å²) in [6, 6.07) is 0.0814. The zero-order valence-corrected chi connectivity index (χ0v) is 10.9. The molecule has 7 heteroatoms. The van der Waals surface area contributed by atoms with Crippen molar-refractivity contribution in [2.24, 2.45) is 0 Å². The van der Waals surface area contributed by atoms with Gasteiger partial charge < -0.3 is 19.8 Å². The van der Waals surface area contributed by atoms with Crippen molar-refractivity contribution >= 4 is 11.9 Å². The van der Waals surface area contributed by atoms with Crippen LogP contribution in [0.4, 0.5) is 5.95 Å². The number of morpholine rings is 1. The molecule has 0 aromatic carbocycles. The highest BCUT2D eigenvalue weighted by atomic mass is 16.5. The van der Waals surface area contributed by atoms with Crippen molar-refractivity contribution in [1.29, 1.82) is 0 Å². The van der Waals surface area contributed by atoms with E-state index in [1.54, 1.807) is 6.92 Å². The van der Waals surface area contributed by atoms with Crippen molar-refractivity contribution in [3.8, 4) is 0 Å². The molecule has 2 unspecified atom stereocenters. The number of hydrogen-bond acceptors (Lipinski definition) is 6. The zero-order valence-electron chi connectivity index (χ0n) is 10.9. The number of carboxylic acids is 1. The molecule has 0 amide bonds. The van der Waals surface area contributed by atoms with Crippen LogP contribution in [-0.2, 0) is 4.74 Å². The third-order valence-electron chi connectivity index (χ3n) is 3.16. The van der Waals surface area contributed by atoms with Crippen molar-refractivity contribution < 1.29 is 19.7 Å². The van der Waals surface area contributed by atoms with Crippen LogP contribution in [0, 0.1) is 6.92 Å². The molecular formula is C12H17N3O4. The first-order valence-electron chi connectivity index (χ1n) is 6.09. The summed E-state index contributed by atoms with van der Waals surface area (Å²) < 4.78 is 5.44. The van der Waals surface area contributed by atoms with Crippen molar-refractivity contribution in [2.75, 3.05) is 24.7 Å². The molecule has 7 nitrogen and oxygen atoms in total. The molecule has 2 atom stereocenters. The second-order valence-corrected chi connectivity index (χ2v) is 4.61. The number of aromatic nitrogens is 2. The van der Waals surface area contributed by atoms with Crippen molar-refractivity contribution in [2.45, 2.75) is 26.0 Å². The smallest absolute Gasteiger partial charge is 0.339 e. The maximum atomic E-state index is 10.9. The lowest BCUT2D eigenvalue weighted by molar-refractivity contribution is -0.0108. The van der Waals surface area contributed by atoms with Crippen molar-refractivity contribution in [1.82, 2.24) is 9.97 Å². The van der Waals surface area contributed by atoms with Gasteiger partial charge in [-0.25, -0.2) is 14.8 Å². The lowest BCUT2D eigenvalue weighted by Crippen LogP contribution is -2.50. The molecule has 1 aromatic rings. The van der Waals surface area contributed by atoms with Gasteiger partial charge in [0.2, 0.25) is 5.95 Å². The molecule has 2 rings (SSSR count). The number of aliphatic hydroxyl groups is 1. The predicted octanol–water partition coefficient (Wildman–Crippen LogP) is 0.0692. The van der Waals surface area contributed by atoms with Crippen molar-refractivity contribution in [3.05, 3.63) is 17.5 Å². The molecule has 2 N–H and O–H groups in total. The van der Waals surface area contributed by atoms with Crippen LogP contribution in [0.1, 0.15) is 23.0 Å². The second-order valence-electron chi connectivity index (χ2n) is 4.61. The van der Waals surface area contributed by atoms with E-state index in [0.29, 0.717) is 24.8 Å². The molecule has 1 aliphatic heterocycles. The fourth-order valence-corrected chi connectivity index (χ4v) is 2.01. The standard InChI is InChI=1S/C12H17N3O4/c1-7-6-19-9(5-16)4-15(7)12-13-3-10(11(17)18)8(2)14-12/h3,7,9,16H,4-6H2,1-2H3,(H,17,18). The van der Waals surface area contributed by atoms with E-state index in [2.05, 4.69) is 9.97 Å². The van der Waals surface area contributed by atoms with Gasteiger partial charge in [-0.05, 0) is 13.8 Å². The average Bonchev–Trinajstić information content (AvgIpc) is 2.38. The largest absolute Gasteiger partial charge is 0.478 e. The Hall–Kier alpha value is -1.73. The van der Waals surface area contributed by atoms with Crippen LogP contribution >= 0.6 is 0 Å². The molecule has 1 aromatic heterocycles. The first kappa shape index (κ1) is 13.7. The summed E-state index contributed by atoms with van der Waals surface area (Å²) in [4.78, 5) is 21.2. The SMILES string of the molecule is Cc1nc(N2CC(CO)OCC2C)ncc1C(=O)O. The molecule has 0 bridgehead atoms. The fourth-order valence-electron chi connectivity index (χ4n) is 2.01. The van der Waals surface area contributed by atoms with E-state index >= 15 is 0 Å². The van der Waals surface area contributed by atoms with Gasteiger partial charge in [-0.15, -0.1) is 0 Å². The average molecular weight is 267 g/mol. The van der Waals surface area contributed by atoms with Crippen LogP contribution in [-0.4, -0.2) is 58.1 Å². The number of hydrogen-bond donors (Lipinski definition) is 2. The van der Waals surface area contributed by atoms with Gasteiger partial charge in [0.25, 0.3) is 0 Å². The minimum Gasteiger partial charge on any atom is -0.478 e. The van der Waals surface area contributed by atoms with E-state index in [0.717, 1.165) is 0 Å². The van der Waals surface area contributed by atoms with E-state index in [9.17, 15) is 4.79 Å². The molecule has 1 aliphatic rings. The molecule has 0 saturated carbocycles. The summed E-state index contributed by atoms with van der Waals surface area (Å²) >= 11 is 0. The van der Waals surface area contributed by atoms with Crippen LogP contribution < -0.4 is 4.90 Å². The van der Waals surface area contributed by atoms with Gasteiger partial charge in [0.05, 0.1) is 36.6 Å². The Morgan fingerprint density at radius 3 is 2.95 bits per heavy atom. The third-order valence-corrected chi connectivity index (χ3v) is 3.16. The Bertz CT molecular complexity index is 480. The van der Waals surface area contributed by atoms with E-state index in [-0.39, 0.29) is 24.3 Å². The van der Waals surface area contributed by atoms with Crippen LogP contribution in [0.2, 0.25) is 0 Å². The topological polar surface area (TPSA) is 95.8 Å². The predicted molar refractivity (Wildman–Crippen MR) is 67.4 cm³/mol.